The van der Waals surface area contributed by atoms with Crippen LogP contribution in [0, 0.1) is 0 Å². The van der Waals surface area contributed by atoms with Crippen LogP contribution in [-0.2, 0) is 14.8 Å². The van der Waals surface area contributed by atoms with Gasteiger partial charge in [-0.1, -0.05) is 18.2 Å². The molecule has 0 bridgehead atoms. The predicted molar refractivity (Wildman–Crippen MR) is 60.7 cm³/mol. The number of benzene rings is 1. The monoisotopic (exact) mass is 245 g/mol. The van der Waals surface area contributed by atoms with E-state index in [9.17, 15) is 8.42 Å². The van der Waals surface area contributed by atoms with E-state index in [1.54, 1.807) is 0 Å². The van der Waals surface area contributed by atoms with E-state index in [1.807, 2.05) is 30.3 Å². The number of para-hydroxylation sites is 1. The predicted octanol–water partition coefficient (Wildman–Crippen LogP) is 0.371. The molecule has 0 unspecified atom stereocenters. The van der Waals surface area contributed by atoms with Crippen LogP contribution >= 0.6 is 0 Å². The largest absolute Gasteiger partial charge is 0.491 e. The molecule has 0 saturated carbocycles. The molecule has 1 rings (SSSR count). The highest BCUT2D eigenvalue weighted by Crippen LogP contribution is 2.07. The SMILES string of the molecule is NS(=O)(=O)CCOCCOc1ccccc1. The number of rotatable bonds is 7. The van der Waals surface area contributed by atoms with Crippen LogP contribution < -0.4 is 9.88 Å². The molecule has 1 aromatic rings. The Morgan fingerprint density at radius 2 is 1.75 bits per heavy atom. The Kier molecular flexibility index (Phi) is 5.24. The molecular weight excluding hydrogens is 230 g/mol. The van der Waals surface area contributed by atoms with Gasteiger partial charge in [-0.3, -0.25) is 0 Å². The van der Waals surface area contributed by atoms with Crippen molar-refractivity contribution in [2.24, 2.45) is 5.14 Å². The van der Waals surface area contributed by atoms with Gasteiger partial charge in [-0.25, -0.2) is 13.6 Å². The van der Waals surface area contributed by atoms with Gasteiger partial charge in [0.15, 0.2) is 0 Å². The summed E-state index contributed by atoms with van der Waals surface area (Å²) in [4.78, 5) is 0. The first kappa shape index (κ1) is 13.0. The van der Waals surface area contributed by atoms with Crippen LogP contribution in [0.25, 0.3) is 0 Å². The third-order valence-corrected chi connectivity index (χ3v) is 2.49. The zero-order valence-corrected chi connectivity index (χ0v) is 9.65. The van der Waals surface area contributed by atoms with Crippen LogP contribution in [0.3, 0.4) is 0 Å². The number of hydrogen-bond donors (Lipinski definition) is 1. The zero-order chi connectivity index (χ0) is 11.9. The van der Waals surface area contributed by atoms with Gasteiger partial charge >= 0.3 is 0 Å². The summed E-state index contributed by atoms with van der Waals surface area (Å²) < 4.78 is 31.5. The molecule has 0 aliphatic carbocycles. The quantitative estimate of drug-likeness (QED) is 0.704. The highest BCUT2D eigenvalue weighted by molar-refractivity contribution is 7.89. The van der Waals surface area contributed by atoms with Gasteiger partial charge in [-0.2, -0.15) is 0 Å². The van der Waals surface area contributed by atoms with Crippen LogP contribution in [0.15, 0.2) is 30.3 Å². The summed E-state index contributed by atoms with van der Waals surface area (Å²) in [6.07, 6.45) is 0. The van der Waals surface area contributed by atoms with Crippen LogP contribution in [0.4, 0.5) is 0 Å². The van der Waals surface area contributed by atoms with Crippen molar-refractivity contribution < 1.29 is 17.9 Å². The maximum absolute atomic E-state index is 10.6. The lowest BCUT2D eigenvalue weighted by atomic mass is 10.3. The molecule has 0 saturated heterocycles. The smallest absolute Gasteiger partial charge is 0.211 e. The van der Waals surface area contributed by atoms with Gasteiger partial charge < -0.3 is 9.47 Å². The van der Waals surface area contributed by atoms with E-state index in [1.165, 1.54) is 0 Å². The Labute approximate surface area is 95.2 Å². The molecule has 0 aliphatic rings. The van der Waals surface area contributed by atoms with Crippen molar-refractivity contribution in [2.45, 2.75) is 0 Å². The second kappa shape index (κ2) is 6.47. The molecule has 0 aliphatic heterocycles. The summed E-state index contributed by atoms with van der Waals surface area (Å²) in [5.41, 5.74) is 0. The van der Waals surface area contributed by atoms with Gasteiger partial charge in [-0.05, 0) is 12.1 Å². The van der Waals surface area contributed by atoms with Gasteiger partial charge in [0.25, 0.3) is 0 Å². The average Bonchev–Trinajstić information content (AvgIpc) is 2.23. The molecule has 0 fully saturated rings. The molecule has 5 nitrogen and oxygen atoms in total. The maximum atomic E-state index is 10.6. The molecule has 1 aromatic carbocycles. The number of hydrogen-bond acceptors (Lipinski definition) is 4. The van der Waals surface area contributed by atoms with Crippen LogP contribution in [0.1, 0.15) is 0 Å². The molecule has 0 aromatic heterocycles. The van der Waals surface area contributed by atoms with Crippen molar-refractivity contribution in [1.29, 1.82) is 0 Å². The molecule has 90 valence electrons. The van der Waals surface area contributed by atoms with E-state index in [4.69, 9.17) is 14.6 Å². The Morgan fingerprint density at radius 3 is 2.38 bits per heavy atom. The van der Waals surface area contributed by atoms with Gasteiger partial charge in [0.2, 0.25) is 10.0 Å². The minimum Gasteiger partial charge on any atom is -0.491 e. The fraction of sp³-hybridized carbons (Fsp3) is 0.400. The standard InChI is InChI=1S/C10H15NO4S/c11-16(12,13)9-8-14-6-7-15-10-4-2-1-3-5-10/h1-5H,6-9H2,(H2,11,12,13). The lowest BCUT2D eigenvalue weighted by Crippen LogP contribution is -2.21. The van der Waals surface area contributed by atoms with Crippen molar-refractivity contribution in [3.05, 3.63) is 30.3 Å². The summed E-state index contributed by atoms with van der Waals surface area (Å²) in [5, 5.41) is 4.80. The molecule has 0 spiro atoms. The van der Waals surface area contributed by atoms with Crippen LogP contribution in [0.2, 0.25) is 0 Å². The number of sulfonamides is 1. The molecule has 0 atom stereocenters. The van der Waals surface area contributed by atoms with Crippen molar-refractivity contribution in [3.8, 4) is 5.75 Å². The summed E-state index contributed by atoms with van der Waals surface area (Å²) in [6.45, 7) is 0.816. The summed E-state index contributed by atoms with van der Waals surface area (Å²) in [7, 11) is -3.43. The van der Waals surface area contributed by atoms with Gasteiger partial charge in [0, 0.05) is 0 Å². The van der Waals surface area contributed by atoms with Gasteiger partial charge in [0.1, 0.15) is 12.4 Å². The van der Waals surface area contributed by atoms with E-state index in [0.717, 1.165) is 5.75 Å². The first-order valence-corrected chi connectivity index (χ1v) is 6.55. The van der Waals surface area contributed by atoms with E-state index in [-0.39, 0.29) is 12.4 Å². The summed E-state index contributed by atoms with van der Waals surface area (Å²) in [6, 6.07) is 9.32. The Hall–Kier alpha value is -1.11. The molecule has 2 N–H and O–H groups in total. The average molecular weight is 245 g/mol. The first-order valence-electron chi connectivity index (χ1n) is 4.84. The molecule has 0 radical (unpaired) electrons. The van der Waals surface area contributed by atoms with E-state index < -0.39 is 10.0 Å². The van der Waals surface area contributed by atoms with Crippen molar-refractivity contribution in [1.82, 2.24) is 0 Å². The van der Waals surface area contributed by atoms with Crippen LogP contribution in [0.5, 0.6) is 5.75 Å². The molecule has 6 heteroatoms. The summed E-state index contributed by atoms with van der Waals surface area (Å²) in [5.74, 6) is 0.593. The normalized spacial score (nSPS) is 11.3. The third-order valence-electron chi connectivity index (χ3n) is 1.75. The second-order valence-corrected chi connectivity index (χ2v) is 4.87. The fourth-order valence-electron chi connectivity index (χ4n) is 1.01. The van der Waals surface area contributed by atoms with E-state index in [2.05, 4.69) is 0 Å². The third kappa shape index (κ3) is 6.39. The summed E-state index contributed by atoms with van der Waals surface area (Å²) >= 11 is 0. The minimum absolute atomic E-state index is 0.0942. The molecular formula is C10H15NO4S. The first-order chi connectivity index (χ1) is 7.58. The maximum Gasteiger partial charge on any atom is 0.211 e. The Morgan fingerprint density at radius 1 is 1.06 bits per heavy atom. The Bertz CT molecular complexity index is 391. The molecule has 16 heavy (non-hydrogen) atoms. The van der Waals surface area contributed by atoms with Crippen LogP contribution in [-0.4, -0.2) is 34.0 Å². The fourth-order valence-corrected chi connectivity index (χ4v) is 1.36. The highest BCUT2D eigenvalue weighted by atomic mass is 32.2. The molecule has 0 amide bonds. The number of nitrogens with two attached hydrogens (primary N) is 1. The highest BCUT2D eigenvalue weighted by Gasteiger charge is 2.01. The topological polar surface area (TPSA) is 78.6 Å². The second-order valence-electron chi connectivity index (χ2n) is 3.14. The molecule has 0 heterocycles. The Balaban J connectivity index is 2.05. The van der Waals surface area contributed by atoms with Gasteiger partial charge in [0.05, 0.1) is 19.0 Å². The van der Waals surface area contributed by atoms with Crippen molar-refractivity contribution in [3.63, 3.8) is 0 Å². The zero-order valence-electron chi connectivity index (χ0n) is 8.83. The lowest BCUT2D eigenvalue weighted by molar-refractivity contribution is 0.111. The van der Waals surface area contributed by atoms with E-state index in [0.29, 0.717) is 13.2 Å². The van der Waals surface area contributed by atoms with Crippen molar-refractivity contribution in [2.75, 3.05) is 25.6 Å². The minimum atomic E-state index is -3.43. The van der Waals surface area contributed by atoms with E-state index >= 15 is 0 Å². The van der Waals surface area contributed by atoms with Gasteiger partial charge in [-0.15, -0.1) is 0 Å². The number of ether oxygens (including phenoxy) is 2. The van der Waals surface area contributed by atoms with Crippen molar-refractivity contribution >= 4 is 10.0 Å². The number of primary sulfonamides is 1. The lowest BCUT2D eigenvalue weighted by Gasteiger charge is -2.06.